The van der Waals surface area contributed by atoms with Crippen molar-refractivity contribution in [3.63, 3.8) is 0 Å². The number of amides is 1. The number of aryl methyl sites for hydroxylation is 1. The van der Waals surface area contributed by atoms with Crippen molar-refractivity contribution >= 4 is 29.8 Å². The van der Waals surface area contributed by atoms with Crippen LogP contribution in [0.15, 0.2) is 59.8 Å². The van der Waals surface area contributed by atoms with Gasteiger partial charge in [-0.2, -0.15) is 0 Å². The molecule has 0 unspecified atom stereocenters. The third-order valence-electron chi connectivity index (χ3n) is 3.76. The molecule has 2 aromatic carbocycles. The van der Waals surface area contributed by atoms with Crippen LogP contribution < -0.4 is 5.32 Å². The SMILES string of the molecule is Cc1ccccc1/C=C/c1nc(SCC(=O)NCc2ccccc2)n[nH]1. The summed E-state index contributed by atoms with van der Waals surface area (Å²) in [7, 11) is 0. The fourth-order valence-electron chi connectivity index (χ4n) is 2.32. The molecule has 3 rings (SSSR count). The monoisotopic (exact) mass is 364 g/mol. The Morgan fingerprint density at radius 2 is 1.88 bits per heavy atom. The fraction of sp³-hybridized carbons (Fsp3) is 0.150. The second-order valence-corrected chi connectivity index (χ2v) is 6.69. The number of rotatable bonds is 7. The molecular weight excluding hydrogens is 344 g/mol. The van der Waals surface area contributed by atoms with Gasteiger partial charge in [0.15, 0.2) is 0 Å². The summed E-state index contributed by atoms with van der Waals surface area (Å²) in [6, 6.07) is 18.0. The summed E-state index contributed by atoms with van der Waals surface area (Å²) in [5, 5.41) is 10.5. The van der Waals surface area contributed by atoms with Crippen molar-refractivity contribution in [2.75, 3.05) is 5.75 Å². The van der Waals surface area contributed by atoms with E-state index >= 15 is 0 Å². The van der Waals surface area contributed by atoms with Crippen LogP contribution >= 0.6 is 11.8 Å². The number of carbonyl (C=O) groups is 1. The normalized spacial score (nSPS) is 11.0. The van der Waals surface area contributed by atoms with Gasteiger partial charge in [0.05, 0.1) is 5.75 Å². The molecule has 2 N–H and O–H groups in total. The van der Waals surface area contributed by atoms with Gasteiger partial charge in [0.1, 0.15) is 5.82 Å². The van der Waals surface area contributed by atoms with Crippen LogP contribution in [0.4, 0.5) is 0 Å². The van der Waals surface area contributed by atoms with Crippen molar-refractivity contribution in [1.29, 1.82) is 0 Å². The second-order valence-electron chi connectivity index (χ2n) is 5.74. The lowest BCUT2D eigenvalue weighted by atomic mass is 10.1. The quantitative estimate of drug-likeness (QED) is 0.627. The molecule has 5 nitrogen and oxygen atoms in total. The molecule has 0 bridgehead atoms. The van der Waals surface area contributed by atoms with E-state index in [0.717, 1.165) is 11.1 Å². The Balaban J connectivity index is 1.47. The molecule has 0 aliphatic carbocycles. The van der Waals surface area contributed by atoms with Crippen molar-refractivity contribution in [3.8, 4) is 0 Å². The van der Waals surface area contributed by atoms with E-state index in [0.29, 0.717) is 17.5 Å². The van der Waals surface area contributed by atoms with Gasteiger partial charge in [-0.3, -0.25) is 9.89 Å². The van der Waals surface area contributed by atoms with E-state index in [1.165, 1.54) is 17.3 Å². The maximum absolute atomic E-state index is 11.9. The molecule has 26 heavy (non-hydrogen) atoms. The van der Waals surface area contributed by atoms with Gasteiger partial charge < -0.3 is 5.32 Å². The van der Waals surface area contributed by atoms with Crippen LogP contribution in [-0.2, 0) is 11.3 Å². The first-order valence-electron chi connectivity index (χ1n) is 8.30. The van der Waals surface area contributed by atoms with E-state index in [4.69, 9.17) is 0 Å². The van der Waals surface area contributed by atoms with Gasteiger partial charge >= 0.3 is 0 Å². The lowest BCUT2D eigenvalue weighted by Gasteiger charge is -2.03. The number of aromatic amines is 1. The summed E-state index contributed by atoms with van der Waals surface area (Å²) < 4.78 is 0. The largest absolute Gasteiger partial charge is 0.351 e. The summed E-state index contributed by atoms with van der Waals surface area (Å²) in [6.07, 6.45) is 3.88. The first kappa shape index (κ1) is 17.9. The van der Waals surface area contributed by atoms with Crippen molar-refractivity contribution in [2.45, 2.75) is 18.6 Å². The van der Waals surface area contributed by atoms with Crippen molar-refractivity contribution < 1.29 is 4.79 Å². The Bertz CT molecular complexity index is 890. The molecule has 0 atom stereocenters. The van der Waals surface area contributed by atoms with Crippen molar-refractivity contribution in [1.82, 2.24) is 20.5 Å². The molecule has 0 aliphatic heterocycles. The maximum Gasteiger partial charge on any atom is 0.230 e. The molecule has 0 radical (unpaired) electrons. The van der Waals surface area contributed by atoms with Gasteiger partial charge in [0.25, 0.3) is 0 Å². The van der Waals surface area contributed by atoms with Crippen LogP contribution in [0.2, 0.25) is 0 Å². The minimum Gasteiger partial charge on any atom is -0.351 e. The molecule has 132 valence electrons. The molecular formula is C20H20N4OS. The van der Waals surface area contributed by atoms with Gasteiger partial charge in [-0.1, -0.05) is 72.4 Å². The Labute approximate surface area is 156 Å². The maximum atomic E-state index is 11.9. The van der Waals surface area contributed by atoms with Crippen LogP contribution in [-0.4, -0.2) is 26.8 Å². The van der Waals surface area contributed by atoms with Crippen LogP contribution in [0.1, 0.15) is 22.5 Å². The number of hydrogen-bond acceptors (Lipinski definition) is 4. The molecule has 0 spiro atoms. The lowest BCUT2D eigenvalue weighted by molar-refractivity contribution is -0.118. The topological polar surface area (TPSA) is 70.7 Å². The molecule has 1 heterocycles. The van der Waals surface area contributed by atoms with Gasteiger partial charge in [0.2, 0.25) is 11.1 Å². The van der Waals surface area contributed by atoms with Crippen molar-refractivity contribution in [3.05, 3.63) is 77.1 Å². The Morgan fingerprint density at radius 3 is 2.69 bits per heavy atom. The third-order valence-corrected chi connectivity index (χ3v) is 4.60. The van der Waals surface area contributed by atoms with Crippen LogP contribution in [0, 0.1) is 6.92 Å². The fourth-order valence-corrected chi connectivity index (χ4v) is 2.95. The van der Waals surface area contributed by atoms with Crippen LogP contribution in [0.5, 0.6) is 0 Å². The molecule has 1 amide bonds. The molecule has 0 aliphatic rings. The van der Waals surface area contributed by atoms with Gasteiger partial charge in [-0.05, 0) is 29.7 Å². The number of benzene rings is 2. The predicted molar refractivity (Wildman–Crippen MR) is 106 cm³/mol. The Kier molecular flexibility index (Phi) is 6.22. The van der Waals surface area contributed by atoms with Crippen molar-refractivity contribution in [2.24, 2.45) is 0 Å². The average Bonchev–Trinajstić information content (AvgIpc) is 3.13. The number of aromatic nitrogens is 3. The van der Waals surface area contributed by atoms with E-state index in [2.05, 4.69) is 39.6 Å². The zero-order chi connectivity index (χ0) is 18.2. The summed E-state index contributed by atoms with van der Waals surface area (Å²) in [5.41, 5.74) is 3.42. The van der Waals surface area contributed by atoms with E-state index in [-0.39, 0.29) is 11.7 Å². The molecule has 6 heteroatoms. The van der Waals surface area contributed by atoms with E-state index in [1.807, 2.05) is 54.6 Å². The van der Waals surface area contributed by atoms with E-state index in [9.17, 15) is 4.79 Å². The lowest BCUT2D eigenvalue weighted by Crippen LogP contribution is -2.24. The number of carbonyl (C=O) groups excluding carboxylic acids is 1. The minimum atomic E-state index is -0.0411. The number of nitrogens with zero attached hydrogens (tertiary/aromatic N) is 2. The average molecular weight is 364 g/mol. The highest BCUT2D eigenvalue weighted by Crippen LogP contribution is 2.14. The first-order chi connectivity index (χ1) is 12.7. The second kappa shape index (κ2) is 9.01. The van der Waals surface area contributed by atoms with Crippen LogP contribution in [0.25, 0.3) is 12.2 Å². The summed E-state index contributed by atoms with van der Waals surface area (Å²) >= 11 is 1.31. The zero-order valence-electron chi connectivity index (χ0n) is 14.5. The summed E-state index contributed by atoms with van der Waals surface area (Å²) in [6.45, 7) is 2.59. The van der Waals surface area contributed by atoms with Gasteiger partial charge in [0, 0.05) is 6.54 Å². The molecule has 1 aromatic heterocycles. The smallest absolute Gasteiger partial charge is 0.230 e. The number of nitrogens with one attached hydrogen (secondary N) is 2. The Morgan fingerprint density at radius 1 is 1.12 bits per heavy atom. The minimum absolute atomic E-state index is 0.0411. The van der Waals surface area contributed by atoms with Gasteiger partial charge in [-0.15, -0.1) is 5.10 Å². The van der Waals surface area contributed by atoms with E-state index < -0.39 is 0 Å². The number of hydrogen-bond donors (Lipinski definition) is 2. The molecule has 0 saturated heterocycles. The van der Waals surface area contributed by atoms with E-state index in [1.54, 1.807) is 0 Å². The summed E-state index contributed by atoms with van der Waals surface area (Å²) in [4.78, 5) is 16.3. The molecule has 3 aromatic rings. The molecule has 0 fully saturated rings. The molecule has 0 saturated carbocycles. The highest BCUT2D eigenvalue weighted by atomic mass is 32.2. The first-order valence-corrected chi connectivity index (χ1v) is 9.29. The predicted octanol–water partition coefficient (Wildman–Crippen LogP) is 3.69. The number of H-pyrrole nitrogens is 1. The van der Waals surface area contributed by atoms with Crippen LogP contribution in [0.3, 0.4) is 0 Å². The standard InChI is InChI=1S/C20H20N4OS/c1-15-7-5-6-10-17(15)11-12-18-22-20(24-23-18)26-14-19(25)21-13-16-8-3-2-4-9-16/h2-12H,13-14H2,1H3,(H,21,25)(H,22,23,24)/b12-11+. The number of thioether (sulfide) groups is 1. The van der Waals surface area contributed by atoms with Gasteiger partial charge in [-0.25, -0.2) is 4.98 Å². The Hall–Kier alpha value is -2.86. The third kappa shape index (κ3) is 5.32. The highest BCUT2D eigenvalue weighted by molar-refractivity contribution is 7.99. The highest BCUT2D eigenvalue weighted by Gasteiger charge is 2.06. The summed E-state index contributed by atoms with van der Waals surface area (Å²) in [5.74, 6) is 0.909. The zero-order valence-corrected chi connectivity index (χ0v) is 15.3.